The van der Waals surface area contributed by atoms with Gasteiger partial charge < -0.3 is 9.73 Å². The lowest BCUT2D eigenvalue weighted by Crippen LogP contribution is -2.20. The summed E-state index contributed by atoms with van der Waals surface area (Å²) in [7, 11) is 0. The molecule has 0 saturated heterocycles. The molecule has 0 bridgehead atoms. The van der Waals surface area contributed by atoms with Crippen LogP contribution in [0.5, 0.6) is 0 Å². The summed E-state index contributed by atoms with van der Waals surface area (Å²) in [6.07, 6.45) is 0.115. The lowest BCUT2D eigenvalue weighted by molar-refractivity contribution is -0.116. The predicted octanol–water partition coefficient (Wildman–Crippen LogP) is 4.48. The molecular formula is C25H20N4O3. The van der Waals surface area contributed by atoms with E-state index in [1.54, 1.807) is 22.9 Å². The molecule has 32 heavy (non-hydrogen) atoms. The Labute approximate surface area is 183 Å². The van der Waals surface area contributed by atoms with Crippen LogP contribution in [0.15, 0.2) is 100 Å². The van der Waals surface area contributed by atoms with Gasteiger partial charge in [-0.1, -0.05) is 60.7 Å². The van der Waals surface area contributed by atoms with Gasteiger partial charge in [0, 0.05) is 24.6 Å². The fourth-order valence-electron chi connectivity index (χ4n) is 3.63. The van der Waals surface area contributed by atoms with Gasteiger partial charge in [-0.2, -0.15) is 5.10 Å². The van der Waals surface area contributed by atoms with Gasteiger partial charge in [0.1, 0.15) is 5.82 Å². The quantitative estimate of drug-likeness (QED) is 0.436. The molecular weight excluding hydrogens is 404 g/mol. The number of fused-ring (bicyclic) bond motifs is 1. The molecule has 5 rings (SSSR count). The van der Waals surface area contributed by atoms with E-state index in [0.29, 0.717) is 16.9 Å². The van der Waals surface area contributed by atoms with Crippen molar-refractivity contribution in [1.82, 2.24) is 14.3 Å². The predicted molar refractivity (Wildman–Crippen MR) is 123 cm³/mol. The van der Waals surface area contributed by atoms with Gasteiger partial charge in [0.05, 0.1) is 16.9 Å². The van der Waals surface area contributed by atoms with Gasteiger partial charge in [0.2, 0.25) is 5.91 Å². The second kappa shape index (κ2) is 8.39. The Balaban J connectivity index is 1.40. The van der Waals surface area contributed by atoms with Crippen molar-refractivity contribution in [2.24, 2.45) is 0 Å². The molecule has 2 aromatic heterocycles. The highest BCUT2D eigenvalue weighted by atomic mass is 16.4. The summed E-state index contributed by atoms with van der Waals surface area (Å²) >= 11 is 0. The third-order valence-corrected chi connectivity index (χ3v) is 5.18. The molecule has 0 saturated carbocycles. The first-order valence-electron chi connectivity index (χ1n) is 10.3. The molecule has 2 heterocycles. The van der Waals surface area contributed by atoms with Crippen LogP contribution in [0.4, 0.5) is 5.82 Å². The Morgan fingerprint density at radius 2 is 1.59 bits per heavy atom. The number of hydrogen-bond acceptors (Lipinski definition) is 4. The second-order valence-electron chi connectivity index (χ2n) is 7.31. The highest BCUT2D eigenvalue weighted by Crippen LogP contribution is 2.25. The molecule has 0 radical (unpaired) electrons. The molecule has 7 heteroatoms. The standard InChI is InChI=1S/C25H20N4O3/c30-24(15-16-28-21-13-7-8-14-22(21)32-25(28)31)26-23-17-20(18-9-3-1-4-10-18)27-29(23)19-11-5-2-6-12-19/h1-14,17H,15-16H2,(H,26,30). The fraction of sp³-hybridized carbons (Fsp3) is 0.0800. The molecule has 1 amide bonds. The van der Waals surface area contributed by atoms with Crippen LogP contribution in [-0.4, -0.2) is 20.3 Å². The fourth-order valence-corrected chi connectivity index (χ4v) is 3.63. The number of amides is 1. The number of aromatic nitrogens is 3. The van der Waals surface area contributed by atoms with Crippen LogP contribution in [0.1, 0.15) is 6.42 Å². The topological polar surface area (TPSA) is 82.1 Å². The van der Waals surface area contributed by atoms with Crippen LogP contribution < -0.4 is 11.1 Å². The van der Waals surface area contributed by atoms with Gasteiger partial charge >= 0.3 is 5.76 Å². The van der Waals surface area contributed by atoms with Crippen LogP contribution in [0.2, 0.25) is 0 Å². The van der Waals surface area contributed by atoms with E-state index < -0.39 is 5.76 Å². The zero-order valence-electron chi connectivity index (χ0n) is 17.1. The molecule has 158 valence electrons. The van der Waals surface area contributed by atoms with Crippen LogP contribution in [0, 0.1) is 0 Å². The summed E-state index contributed by atoms with van der Waals surface area (Å²) in [4.78, 5) is 24.9. The Bertz CT molecular complexity index is 1430. The Morgan fingerprint density at radius 3 is 2.38 bits per heavy atom. The van der Waals surface area contributed by atoms with Crippen molar-refractivity contribution in [3.63, 3.8) is 0 Å². The van der Waals surface area contributed by atoms with Gasteiger partial charge in [0.25, 0.3) is 0 Å². The molecule has 1 N–H and O–H groups in total. The van der Waals surface area contributed by atoms with Crippen LogP contribution in [-0.2, 0) is 11.3 Å². The van der Waals surface area contributed by atoms with Crippen molar-refractivity contribution >= 4 is 22.8 Å². The normalized spacial score (nSPS) is 11.0. The first kappa shape index (κ1) is 19.6. The smallest absolute Gasteiger partial charge is 0.408 e. The molecule has 0 aliphatic carbocycles. The van der Waals surface area contributed by atoms with Crippen LogP contribution >= 0.6 is 0 Å². The molecule has 0 aliphatic heterocycles. The minimum Gasteiger partial charge on any atom is -0.408 e. The Morgan fingerprint density at radius 1 is 0.906 bits per heavy atom. The van der Waals surface area contributed by atoms with Crippen molar-refractivity contribution < 1.29 is 9.21 Å². The number of hydrogen-bond donors (Lipinski definition) is 1. The third-order valence-electron chi connectivity index (χ3n) is 5.18. The van der Waals surface area contributed by atoms with Gasteiger partial charge in [-0.25, -0.2) is 9.48 Å². The van der Waals surface area contributed by atoms with Crippen LogP contribution in [0.3, 0.4) is 0 Å². The number of oxazole rings is 1. The number of anilines is 1. The maximum absolute atomic E-state index is 12.8. The number of nitrogens with zero attached hydrogens (tertiary/aromatic N) is 3. The lowest BCUT2D eigenvalue weighted by atomic mass is 10.1. The van der Waals surface area contributed by atoms with E-state index in [0.717, 1.165) is 16.9 Å². The summed E-state index contributed by atoms with van der Waals surface area (Å²) in [5, 5.41) is 7.65. The highest BCUT2D eigenvalue weighted by molar-refractivity contribution is 5.91. The molecule has 0 fully saturated rings. The van der Waals surface area contributed by atoms with Gasteiger partial charge in [-0.15, -0.1) is 0 Å². The van der Waals surface area contributed by atoms with E-state index in [1.165, 1.54) is 4.57 Å². The minimum atomic E-state index is -0.473. The van der Waals surface area contributed by atoms with E-state index in [2.05, 4.69) is 5.32 Å². The maximum Gasteiger partial charge on any atom is 0.419 e. The average Bonchev–Trinajstić information content (AvgIpc) is 3.39. The molecule has 3 aromatic carbocycles. The second-order valence-corrected chi connectivity index (χ2v) is 7.31. The number of para-hydroxylation sites is 3. The minimum absolute atomic E-state index is 0.115. The number of carbonyl (C=O) groups excluding carboxylic acids is 1. The number of rotatable bonds is 6. The highest BCUT2D eigenvalue weighted by Gasteiger charge is 2.15. The number of aryl methyl sites for hydroxylation is 1. The summed E-state index contributed by atoms with van der Waals surface area (Å²) in [6, 6.07) is 28.4. The Hall–Kier alpha value is -4.39. The monoisotopic (exact) mass is 424 g/mol. The molecule has 7 nitrogen and oxygen atoms in total. The number of carbonyl (C=O) groups is 1. The van der Waals surface area contributed by atoms with Crippen molar-refractivity contribution in [2.45, 2.75) is 13.0 Å². The van der Waals surface area contributed by atoms with E-state index in [-0.39, 0.29) is 18.9 Å². The lowest BCUT2D eigenvalue weighted by Gasteiger charge is -2.09. The van der Waals surface area contributed by atoms with Crippen molar-refractivity contribution in [3.8, 4) is 16.9 Å². The average molecular weight is 424 g/mol. The first-order chi connectivity index (χ1) is 15.7. The van der Waals surface area contributed by atoms with Gasteiger partial charge in [-0.3, -0.25) is 9.36 Å². The van der Waals surface area contributed by atoms with Crippen molar-refractivity contribution in [2.75, 3.05) is 5.32 Å². The van der Waals surface area contributed by atoms with E-state index >= 15 is 0 Å². The van der Waals surface area contributed by atoms with E-state index in [9.17, 15) is 9.59 Å². The molecule has 0 atom stereocenters. The molecule has 0 aliphatic rings. The first-order valence-corrected chi connectivity index (χ1v) is 10.3. The van der Waals surface area contributed by atoms with E-state index in [1.807, 2.05) is 72.8 Å². The van der Waals surface area contributed by atoms with Crippen molar-refractivity contribution in [1.29, 1.82) is 0 Å². The zero-order valence-corrected chi connectivity index (χ0v) is 17.1. The summed E-state index contributed by atoms with van der Waals surface area (Å²) in [5.74, 6) is -0.136. The molecule has 0 unspecified atom stereocenters. The molecule has 5 aromatic rings. The summed E-state index contributed by atoms with van der Waals surface area (Å²) in [5.41, 5.74) is 3.72. The number of benzene rings is 3. The van der Waals surface area contributed by atoms with Crippen LogP contribution in [0.25, 0.3) is 28.0 Å². The van der Waals surface area contributed by atoms with Gasteiger partial charge in [0.15, 0.2) is 5.58 Å². The number of nitrogens with one attached hydrogen (secondary N) is 1. The summed E-state index contributed by atoms with van der Waals surface area (Å²) in [6.45, 7) is 0.215. The Kier molecular flexibility index (Phi) is 5.13. The van der Waals surface area contributed by atoms with Gasteiger partial charge in [-0.05, 0) is 24.3 Å². The van der Waals surface area contributed by atoms with E-state index in [4.69, 9.17) is 9.52 Å². The SMILES string of the molecule is O=C(CCn1c(=O)oc2ccccc21)Nc1cc(-c2ccccc2)nn1-c1ccccc1. The maximum atomic E-state index is 12.8. The third kappa shape index (κ3) is 3.83. The zero-order chi connectivity index (χ0) is 21.9. The summed E-state index contributed by atoms with van der Waals surface area (Å²) < 4.78 is 8.42. The molecule has 0 spiro atoms. The largest absolute Gasteiger partial charge is 0.419 e. The van der Waals surface area contributed by atoms with Crippen molar-refractivity contribution in [3.05, 3.63) is 102 Å².